The van der Waals surface area contributed by atoms with Crippen molar-refractivity contribution in [3.05, 3.63) is 101 Å². The van der Waals surface area contributed by atoms with Crippen LogP contribution in [-0.4, -0.2) is 20.5 Å². The van der Waals surface area contributed by atoms with Gasteiger partial charge in [0.25, 0.3) is 11.4 Å². The summed E-state index contributed by atoms with van der Waals surface area (Å²) < 4.78 is 1.13. The third-order valence-corrected chi connectivity index (χ3v) is 9.62. The molecule has 1 aliphatic heterocycles. The SMILES string of the molecule is Cc1cc(I)cc2c1N[C@H](c1ccc([N+](=O)[O-])cc1)[C@@H]1C[C@H](Sc3ccccc3[N+](=O)[O-])[C@@H](Cl)[C@@H]21. The van der Waals surface area contributed by atoms with Crippen LogP contribution in [0.4, 0.5) is 17.1 Å². The molecule has 5 atom stereocenters. The summed E-state index contributed by atoms with van der Waals surface area (Å²) in [7, 11) is 0. The number of hydrogen-bond acceptors (Lipinski definition) is 6. The zero-order valence-electron chi connectivity index (χ0n) is 18.6. The molecule has 0 aromatic heterocycles. The summed E-state index contributed by atoms with van der Waals surface area (Å²) in [6.45, 7) is 2.07. The van der Waals surface area contributed by atoms with Gasteiger partial charge >= 0.3 is 0 Å². The van der Waals surface area contributed by atoms with Crippen molar-refractivity contribution in [1.29, 1.82) is 0 Å². The van der Waals surface area contributed by atoms with Gasteiger partial charge < -0.3 is 5.32 Å². The quantitative estimate of drug-likeness (QED) is 0.138. The molecule has 0 amide bonds. The summed E-state index contributed by atoms with van der Waals surface area (Å²) in [6.07, 6.45) is 0.758. The van der Waals surface area contributed by atoms with Gasteiger partial charge in [0, 0.05) is 38.6 Å². The van der Waals surface area contributed by atoms with Gasteiger partial charge in [-0.05, 0) is 76.7 Å². The minimum Gasteiger partial charge on any atom is -0.377 e. The fourth-order valence-corrected chi connectivity index (χ4v) is 8.11. The number of halogens is 2. The number of alkyl halides is 1. The van der Waals surface area contributed by atoms with Gasteiger partial charge in [-0.2, -0.15) is 0 Å². The first-order valence-electron chi connectivity index (χ1n) is 11.1. The molecule has 7 nitrogen and oxygen atoms in total. The van der Waals surface area contributed by atoms with Gasteiger partial charge in [0.2, 0.25) is 0 Å². The van der Waals surface area contributed by atoms with E-state index in [0.29, 0.717) is 4.90 Å². The van der Waals surface area contributed by atoms with Gasteiger partial charge in [-0.3, -0.25) is 20.2 Å². The smallest absolute Gasteiger partial charge is 0.282 e. The number of nitrogens with zero attached hydrogens (tertiary/aromatic N) is 2. The Kier molecular flexibility index (Phi) is 6.67. The molecule has 35 heavy (non-hydrogen) atoms. The predicted octanol–water partition coefficient (Wildman–Crippen LogP) is 7.45. The van der Waals surface area contributed by atoms with Crippen molar-refractivity contribution in [3.63, 3.8) is 0 Å². The van der Waals surface area contributed by atoms with Gasteiger partial charge in [0.05, 0.1) is 26.2 Å². The molecule has 1 N–H and O–H groups in total. The molecule has 0 bridgehead atoms. The van der Waals surface area contributed by atoms with Crippen LogP contribution in [0.1, 0.15) is 35.1 Å². The van der Waals surface area contributed by atoms with Crippen molar-refractivity contribution >= 4 is 63.0 Å². The van der Waals surface area contributed by atoms with E-state index in [0.717, 1.165) is 26.8 Å². The fraction of sp³-hybridized carbons (Fsp3) is 0.280. The van der Waals surface area contributed by atoms with Crippen molar-refractivity contribution < 1.29 is 9.85 Å². The number of hydrogen-bond donors (Lipinski definition) is 1. The second kappa shape index (κ2) is 9.59. The van der Waals surface area contributed by atoms with Crippen molar-refractivity contribution in [1.82, 2.24) is 0 Å². The number of fused-ring (bicyclic) bond motifs is 3. The molecule has 0 spiro atoms. The molecule has 1 fully saturated rings. The fourth-order valence-electron chi connectivity index (χ4n) is 5.37. The monoisotopic (exact) mass is 621 g/mol. The highest BCUT2D eigenvalue weighted by atomic mass is 127. The molecule has 180 valence electrons. The Morgan fingerprint density at radius 2 is 1.77 bits per heavy atom. The Balaban J connectivity index is 1.55. The number of nitro benzene ring substituents is 2. The van der Waals surface area contributed by atoms with Gasteiger partial charge in [-0.1, -0.05) is 24.3 Å². The summed E-state index contributed by atoms with van der Waals surface area (Å²) in [6, 6.07) is 17.7. The number of thioether (sulfide) groups is 1. The van der Waals surface area contributed by atoms with E-state index in [1.807, 2.05) is 18.2 Å². The lowest BCUT2D eigenvalue weighted by Gasteiger charge is -2.39. The maximum absolute atomic E-state index is 11.6. The van der Waals surface area contributed by atoms with Gasteiger partial charge in [-0.25, -0.2) is 0 Å². The highest BCUT2D eigenvalue weighted by molar-refractivity contribution is 14.1. The lowest BCUT2D eigenvalue weighted by atomic mass is 9.76. The topological polar surface area (TPSA) is 98.3 Å². The van der Waals surface area contributed by atoms with Crippen LogP contribution in [0.2, 0.25) is 0 Å². The van der Waals surface area contributed by atoms with Crippen LogP contribution in [0.15, 0.2) is 65.6 Å². The third kappa shape index (κ3) is 4.49. The number of rotatable bonds is 5. The molecule has 1 saturated carbocycles. The molecule has 5 rings (SSSR count). The molecule has 1 aliphatic carbocycles. The Bertz CT molecular complexity index is 1320. The average molecular weight is 622 g/mol. The first-order chi connectivity index (χ1) is 16.7. The Morgan fingerprint density at radius 3 is 2.46 bits per heavy atom. The van der Waals surface area contributed by atoms with E-state index in [-0.39, 0.29) is 44.8 Å². The second-order valence-corrected chi connectivity index (χ2v) is 11.9. The van der Waals surface area contributed by atoms with E-state index in [9.17, 15) is 20.2 Å². The lowest BCUT2D eigenvalue weighted by molar-refractivity contribution is -0.387. The van der Waals surface area contributed by atoms with E-state index in [2.05, 4.69) is 47.0 Å². The molecule has 3 aromatic rings. The predicted molar refractivity (Wildman–Crippen MR) is 147 cm³/mol. The highest BCUT2D eigenvalue weighted by Gasteiger charge is 2.50. The molecule has 10 heteroatoms. The van der Waals surface area contributed by atoms with Gasteiger partial charge in [0.1, 0.15) is 0 Å². The zero-order valence-corrected chi connectivity index (χ0v) is 22.3. The Morgan fingerprint density at radius 1 is 1.06 bits per heavy atom. The first kappa shape index (κ1) is 24.3. The molecule has 0 saturated heterocycles. The molecule has 1 heterocycles. The summed E-state index contributed by atoms with van der Waals surface area (Å²) in [5, 5.41) is 26.2. The number of nitro groups is 2. The number of aryl methyl sites for hydroxylation is 1. The van der Waals surface area contributed by atoms with Crippen LogP contribution in [-0.2, 0) is 0 Å². The molecular weight excluding hydrogens is 601 g/mol. The Hall–Kier alpha value is -2.37. The minimum absolute atomic E-state index is 0.0285. The van der Waals surface area contributed by atoms with Crippen LogP contribution in [0.3, 0.4) is 0 Å². The maximum Gasteiger partial charge on any atom is 0.282 e. The van der Waals surface area contributed by atoms with Gasteiger partial charge in [-0.15, -0.1) is 23.4 Å². The summed E-state index contributed by atoms with van der Waals surface area (Å²) in [4.78, 5) is 22.6. The molecule has 0 unspecified atom stereocenters. The normalized spacial score (nSPS) is 24.8. The first-order valence-corrected chi connectivity index (χ1v) is 13.5. The van der Waals surface area contributed by atoms with E-state index >= 15 is 0 Å². The van der Waals surface area contributed by atoms with Crippen LogP contribution in [0, 0.1) is 36.6 Å². The van der Waals surface area contributed by atoms with Crippen molar-refractivity contribution in [2.75, 3.05) is 5.32 Å². The third-order valence-electron chi connectivity index (χ3n) is 6.89. The van der Waals surface area contributed by atoms with Crippen molar-refractivity contribution in [2.24, 2.45) is 5.92 Å². The summed E-state index contributed by atoms with van der Waals surface area (Å²) >= 11 is 11.0. The number of nitrogens with one attached hydrogen (secondary N) is 1. The number of benzene rings is 3. The number of para-hydroxylation sites is 1. The van der Waals surface area contributed by atoms with E-state index < -0.39 is 4.92 Å². The summed E-state index contributed by atoms with van der Waals surface area (Å²) in [5.74, 6) is 0.172. The molecule has 0 radical (unpaired) electrons. The zero-order chi connectivity index (χ0) is 24.9. The standard InChI is InChI=1S/C25H21ClIN3O4S/c1-13-10-15(27)11-17-22-18(25(28-24(13)17)14-6-8-16(9-7-14)29(31)32)12-21(23(22)26)35-20-5-3-2-4-19(20)30(33)34/h2-11,18,21-23,25,28H,12H2,1H3/t18-,21+,22+,23-,25-/m1/s1. The maximum atomic E-state index is 11.6. The molecule has 3 aromatic carbocycles. The minimum atomic E-state index is -0.397. The van der Waals surface area contributed by atoms with E-state index in [4.69, 9.17) is 11.6 Å². The molecular formula is C25H21ClIN3O4S. The number of non-ortho nitro benzene ring substituents is 1. The average Bonchev–Trinajstić information content (AvgIpc) is 3.15. The van der Waals surface area contributed by atoms with Crippen LogP contribution in [0.25, 0.3) is 0 Å². The largest absolute Gasteiger partial charge is 0.377 e. The van der Waals surface area contributed by atoms with Crippen molar-refractivity contribution in [3.8, 4) is 0 Å². The van der Waals surface area contributed by atoms with Gasteiger partial charge in [0.15, 0.2) is 0 Å². The summed E-state index contributed by atoms with van der Waals surface area (Å²) in [5.41, 5.74) is 4.45. The van der Waals surface area contributed by atoms with E-state index in [1.165, 1.54) is 35.5 Å². The van der Waals surface area contributed by atoms with E-state index in [1.54, 1.807) is 12.1 Å². The van der Waals surface area contributed by atoms with Crippen LogP contribution < -0.4 is 5.32 Å². The van der Waals surface area contributed by atoms with Crippen molar-refractivity contribution in [2.45, 2.75) is 40.8 Å². The van der Waals surface area contributed by atoms with Crippen LogP contribution >= 0.6 is 46.0 Å². The van der Waals surface area contributed by atoms with Crippen LogP contribution in [0.5, 0.6) is 0 Å². The Labute approximate surface area is 225 Å². The highest BCUT2D eigenvalue weighted by Crippen LogP contribution is 2.58. The number of anilines is 1. The second-order valence-electron chi connectivity index (χ2n) is 8.91. The lowest BCUT2D eigenvalue weighted by Crippen LogP contribution is -2.31. The molecule has 2 aliphatic rings.